The fourth-order valence-electron chi connectivity index (χ4n) is 2.28. The maximum atomic E-state index is 11.8. The molecule has 1 heterocycles. The predicted molar refractivity (Wildman–Crippen MR) is 62.6 cm³/mol. The molecule has 16 heavy (non-hydrogen) atoms. The highest BCUT2D eigenvalue weighted by molar-refractivity contribution is 5.97. The van der Waals surface area contributed by atoms with Gasteiger partial charge in [0.05, 0.1) is 0 Å². The van der Waals surface area contributed by atoms with Gasteiger partial charge in [-0.15, -0.1) is 0 Å². The van der Waals surface area contributed by atoms with Crippen molar-refractivity contribution in [3.63, 3.8) is 0 Å². The van der Waals surface area contributed by atoms with Crippen molar-refractivity contribution in [2.24, 2.45) is 0 Å². The Bertz CT molecular complexity index is 368. The Labute approximate surface area is 96.1 Å². The monoisotopic (exact) mass is 221 g/mol. The molecule has 0 radical (unpaired) electrons. The number of nitrogens with zero attached hydrogens (tertiary/aromatic N) is 1. The van der Waals surface area contributed by atoms with Gasteiger partial charge in [-0.3, -0.25) is 4.79 Å². The summed E-state index contributed by atoms with van der Waals surface area (Å²) in [6.07, 6.45) is 9.78. The fraction of sp³-hybridized carbons (Fsp3) is 0.615. The Hall–Kier alpha value is -1.09. The third kappa shape index (κ3) is 2.53. The molecule has 0 unspecified atom stereocenters. The Morgan fingerprint density at radius 2 is 2.00 bits per heavy atom. The fourth-order valence-corrected chi connectivity index (χ4v) is 2.28. The van der Waals surface area contributed by atoms with Gasteiger partial charge in [0.1, 0.15) is 0 Å². The van der Waals surface area contributed by atoms with E-state index >= 15 is 0 Å². The lowest BCUT2D eigenvalue weighted by atomic mass is 10.1. The predicted octanol–water partition coefficient (Wildman–Crippen LogP) is 2.17. The number of hydrogen-bond acceptors (Lipinski definition) is 2. The Kier molecular flexibility index (Phi) is 3.78. The smallest absolute Gasteiger partial charge is 0.164 e. The van der Waals surface area contributed by atoms with Crippen LogP contribution in [-0.2, 0) is 13.0 Å². The van der Waals surface area contributed by atoms with E-state index in [2.05, 4.69) is 10.8 Å². The van der Waals surface area contributed by atoms with Crippen molar-refractivity contribution in [3.8, 4) is 0 Å². The number of aliphatic hydroxyl groups is 1. The molecule has 0 atom stereocenters. The second-order valence-corrected chi connectivity index (χ2v) is 4.50. The summed E-state index contributed by atoms with van der Waals surface area (Å²) in [6, 6.07) is 0. The van der Waals surface area contributed by atoms with E-state index < -0.39 is 0 Å². The van der Waals surface area contributed by atoms with Gasteiger partial charge in [-0.2, -0.15) is 0 Å². The molecule has 0 saturated heterocycles. The van der Waals surface area contributed by atoms with E-state index in [1.807, 2.05) is 6.20 Å². The molecule has 0 bridgehead atoms. The first-order chi connectivity index (χ1) is 7.81. The summed E-state index contributed by atoms with van der Waals surface area (Å²) in [5.41, 5.74) is 2.15. The van der Waals surface area contributed by atoms with Crippen molar-refractivity contribution in [2.45, 2.75) is 45.1 Å². The van der Waals surface area contributed by atoms with Gasteiger partial charge in [0.2, 0.25) is 0 Å². The minimum absolute atomic E-state index is 0.250. The van der Waals surface area contributed by atoms with Crippen molar-refractivity contribution >= 4 is 5.78 Å². The molecule has 0 spiro atoms. The number of unbranched alkanes of at least 4 members (excludes halogenated alkanes) is 1. The SMILES string of the molecule is O=C1CCCCc2cn(CCCCO)cc21. The van der Waals surface area contributed by atoms with E-state index in [1.165, 1.54) is 5.56 Å². The Morgan fingerprint density at radius 1 is 1.19 bits per heavy atom. The van der Waals surface area contributed by atoms with Crippen LogP contribution in [0.25, 0.3) is 0 Å². The third-order valence-corrected chi connectivity index (χ3v) is 3.19. The van der Waals surface area contributed by atoms with E-state index in [0.29, 0.717) is 12.2 Å². The Morgan fingerprint density at radius 3 is 2.81 bits per heavy atom. The highest BCUT2D eigenvalue weighted by atomic mass is 16.2. The normalized spacial score (nSPS) is 15.9. The zero-order chi connectivity index (χ0) is 11.4. The molecule has 1 aliphatic carbocycles. The van der Waals surface area contributed by atoms with Crippen LogP contribution in [0.4, 0.5) is 0 Å². The standard InChI is InChI=1S/C13H19NO2/c15-8-4-3-7-14-9-11-5-1-2-6-13(16)12(11)10-14/h9-10,15H,1-8H2. The lowest BCUT2D eigenvalue weighted by molar-refractivity contribution is 0.0982. The van der Waals surface area contributed by atoms with Crippen LogP contribution in [0.5, 0.6) is 0 Å². The molecule has 3 nitrogen and oxygen atoms in total. The summed E-state index contributed by atoms with van der Waals surface area (Å²) >= 11 is 0. The molecule has 2 rings (SSSR count). The lowest BCUT2D eigenvalue weighted by Crippen LogP contribution is -1.98. The molecule has 0 aromatic carbocycles. The lowest BCUT2D eigenvalue weighted by Gasteiger charge is -2.01. The van der Waals surface area contributed by atoms with Gasteiger partial charge in [-0.05, 0) is 37.7 Å². The number of carbonyl (C=O) groups is 1. The van der Waals surface area contributed by atoms with E-state index in [1.54, 1.807) is 0 Å². The minimum atomic E-state index is 0.250. The number of fused-ring (bicyclic) bond motifs is 1. The van der Waals surface area contributed by atoms with Gasteiger partial charge in [-0.1, -0.05) is 0 Å². The first-order valence-electron chi connectivity index (χ1n) is 6.14. The number of Topliss-reactive ketones (excluding diaryl/α,β-unsaturated/α-hetero) is 1. The topological polar surface area (TPSA) is 42.2 Å². The number of aromatic nitrogens is 1. The van der Waals surface area contributed by atoms with Gasteiger partial charge in [0.15, 0.2) is 5.78 Å². The first kappa shape index (κ1) is 11.4. The highest BCUT2D eigenvalue weighted by Gasteiger charge is 2.17. The van der Waals surface area contributed by atoms with Gasteiger partial charge >= 0.3 is 0 Å². The summed E-state index contributed by atoms with van der Waals surface area (Å²) in [4.78, 5) is 11.8. The molecule has 0 fully saturated rings. The van der Waals surface area contributed by atoms with Gasteiger partial charge in [-0.25, -0.2) is 0 Å². The van der Waals surface area contributed by atoms with Gasteiger partial charge in [0, 0.05) is 37.5 Å². The third-order valence-electron chi connectivity index (χ3n) is 3.19. The van der Waals surface area contributed by atoms with Gasteiger partial charge < -0.3 is 9.67 Å². The molecule has 0 amide bonds. The Balaban J connectivity index is 2.07. The van der Waals surface area contributed by atoms with Crippen molar-refractivity contribution in [2.75, 3.05) is 6.61 Å². The average Bonchev–Trinajstić information content (AvgIpc) is 2.61. The van der Waals surface area contributed by atoms with Gasteiger partial charge in [0.25, 0.3) is 0 Å². The maximum Gasteiger partial charge on any atom is 0.164 e. The number of rotatable bonds is 4. The minimum Gasteiger partial charge on any atom is -0.396 e. The quantitative estimate of drug-likeness (QED) is 0.625. The molecule has 1 aromatic heterocycles. The van der Waals surface area contributed by atoms with E-state index in [0.717, 1.165) is 44.2 Å². The zero-order valence-corrected chi connectivity index (χ0v) is 9.61. The van der Waals surface area contributed by atoms with Crippen LogP contribution in [0.1, 0.15) is 48.0 Å². The number of ketones is 1. The first-order valence-corrected chi connectivity index (χ1v) is 6.14. The number of aryl methyl sites for hydroxylation is 2. The number of carbonyl (C=O) groups excluding carboxylic acids is 1. The summed E-state index contributed by atoms with van der Waals surface area (Å²) in [5, 5.41) is 8.72. The largest absolute Gasteiger partial charge is 0.396 e. The van der Waals surface area contributed by atoms with E-state index in [4.69, 9.17) is 5.11 Å². The second kappa shape index (κ2) is 5.30. The molecule has 3 heteroatoms. The van der Waals surface area contributed by atoms with E-state index in [9.17, 15) is 4.79 Å². The molecule has 1 aromatic rings. The zero-order valence-electron chi connectivity index (χ0n) is 9.61. The molecule has 0 aliphatic heterocycles. The van der Waals surface area contributed by atoms with Crippen LogP contribution >= 0.6 is 0 Å². The van der Waals surface area contributed by atoms with Crippen molar-refractivity contribution in [3.05, 3.63) is 23.5 Å². The van der Waals surface area contributed by atoms with Crippen LogP contribution in [0.2, 0.25) is 0 Å². The molecular formula is C13H19NO2. The van der Waals surface area contributed by atoms with Crippen molar-refractivity contribution in [1.82, 2.24) is 4.57 Å². The number of hydrogen-bond donors (Lipinski definition) is 1. The van der Waals surface area contributed by atoms with E-state index in [-0.39, 0.29) is 6.61 Å². The average molecular weight is 221 g/mol. The van der Waals surface area contributed by atoms with Crippen LogP contribution in [0, 0.1) is 0 Å². The molecule has 1 N–H and O–H groups in total. The van der Waals surface area contributed by atoms with Crippen LogP contribution < -0.4 is 0 Å². The molecule has 88 valence electrons. The highest BCUT2D eigenvalue weighted by Crippen LogP contribution is 2.21. The number of aliphatic hydroxyl groups excluding tert-OH is 1. The van der Waals surface area contributed by atoms with Crippen molar-refractivity contribution < 1.29 is 9.90 Å². The van der Waals surface area contributed by atoms with Crippen LogP contribution in [0.3, 0.4) is 0 Å². The molecule has 1 aliphatic rings. The summed E-state index contributed by atoms with van der Waals surface area (Å²) in [7, 11) is 0. The van der Waals surface area contributed by atoms with Crippen LogP contribution in [0.15, 0.2) is 12.4 Å². The van der Waals surface area contributed by atoms with Crippen molar-refractivity contribution in [1.29, 1.82) is 0 Å². The summed E-state index contributed by atoms with van der Waals surface area (Å²) in [5.74, 6) is 0.299. The summed E-state index contributed by atoms with van der Waals surface area (Å²) < 4.78 is 2.10. The molecule has 0 saturated carbocycles. The van der Waals surface area contributed by atoms with Crippen LogP contribution in [-0.4, -0.2) is 22.1 Å². The second-order valence-electron chi connectivity index (χ2n) is 4.50. The summed E-state index contributed by atoms with van der Waals surface area (Å²) in [6.45, 7) is 1.15. The molecular weight excluding hydrogens is 202 g/mol. The maximum absolute atomic E-state index is 11.8.